The second-order valence-electron chi connectivity index (χ2n) is 13.8. The summed E-state index contributed by atoms with van der Waals surface area (Å²) in [7, 11) is 0. The summed E-state index contributed by atoms with van der Waals surface area (Å²) < 4.78 is 63.6. The summed E-state index contributed by atoms with van der Waals surface area (Å²) in [4.78, 5) is 40.2. The van der Waals surface area contributed by atoms with E-state index < -0.39 is 97.9 Å². The predicted octanol–water partition coefficient (Wildman–Crippen LogP) is 3.17. The van der Waals surface area contributed by atoms with Crippen LogP contribution in [0.25, 0.3) is 11.1 Å². The second kappa shape index (κ2) is 19.4. The van der Waals surface area contributed by atoms with Crippen molar-refractivity contribution in [1.29, 1.82) is 0 Å². The van der Waals surface area contributed by atoms with Gasteiger partial charge in [-0.2, -0.15) is 13.2 Å². The molecule has 0 unspecified atom stereocenters. The summed E-state index contributed by atoms with van der Waals surface area (Å²) in [6.45, 7) is -1.92. The van der Waals surface area contributed by atoms with Crippen LogP contribution in [-0.2, 0) is 31.7 Å². The number of hydrogen-bond acceptors (Lipinski definition) is 11. The minimum absolute atomic E-state index is 0.120. The average Bonchev–Trinajstić information content (AvgIpc) is 3.24. The summed E-state index contributed by atoms with van der Waals surface area (Å²) in [5.74, 6) is -0.638. The average molecular weight is 825 g/mol. The molecule has 4 amide bonds. The number of alkyl carbamates (subject to hydrolysis) is 1. The van der Waals surface area contributed by atoms with Crippen molar-refractivity contribution in [2.45, 2.75) is 67.7 Å². The van der Waals surface area contributed by atoms with Crippen LogP contribution in [0, 0.1) is 0 Å². The zero-order valence-corrected chi connectivity index (χ0v) is 31.2. The summed E-state index contributed by atoms with van der Waals surface area (Å²) >= 11 is 0. The topological polar surface area (TPSA) is 217 Å². The fourth-order valence-electron chi connectivity index (χ4n) is 6.73. The Balaban J connectivity index is 1.27. The third-order valence-electron chi connectivity index (χ3n) is 9.81. The first-order valence-corrected chi connectivity index (χ1v) is 18.5. The number of alkyl halides is 3. The van der Waals surface area contributed by atoms with Crippen LogP contribution >= 0.6 is 0 Å². The Morgan fingerprint density at radius 2 is 1.41 bits per heavy atom. The highest BCUT2D eigenvalue weighted by atomic mass is 19.4. The van der Waals surface area contributed by atoms with Crippen molar-refractivity contribution in [1.82, 2.24) is 16.0 Å². The molecule has 0 aromatic heterocycles. The maximum atomic E-state index is 13.8. The molecule has 2 saturated heterocycles. The fourth-order valence-corrected chi connectivity index (χ4v) is 6.73. The van der Waals surface area contributed by atoms with Crippen molar-refractivity contribution in [2.75, 3.05) is 25.1 Å². The number of benzene rings is 4. The number of nitrogens with one attached hydrogen (secondary N) is 4. The zero-order valence-electron chi connectivity index (χ0n) is 31.2. The van der Waals surface area contributed by atoms with Gasteiger partial charge in [0.1, 0.15) is 43.2 Å². The molecule has 2 fully saturated rings. The lowest BCUT2D eigenvalue weighted by molar-refractivity contribution is -0.293. The molecule has 0 bridgehead atoms. The van der Waals surface area contributed by atoms with Crippen LogP contribution in [0.5, 0.6) is 0 Å². The molecule has 2 aliphatic heterocycles. The molecule has 0 aliphatic carbocycles. The number of aliphatic hydroxyl groups is 4. The SMILES string of the molecule is O=C(Nc1cccc(C(F)(F)F)c1)N[C@H]1[C@H](O[C@H]2[C@@H](NC(=O)c3ccc(-c4ccccc4)cc3)[C@@H](CO)OC[C@@H]2NC(=O)OCc2ccccc2)O[C@H](CO)[C@@H](O)[C@@H]1O. The van der Waals surface area contributed by atoms with Gasteiger partial charge >= 0.3 is 18.3 Å². The van der Waals surface area contributed by atoms with E-state index in [9.17, 15) is 48.0 Å². The lowest BCUT2D eigenvalue weighted by atomic mass is 9.93. The van der Waals surface area contributed by atoms with E-state index in [1.165, 1.54) is 6.07 Å². The molecule has 0 spiro atoms. The summed E-state index contributed by atoms with van der Waals surface area (Å²) in [5.41, 5.74) is 1.32. The number of urea groups is 1. The van der Waals surface area contributed by atoms with Gasteiger partial charge in [-0.25, -0.2) is 9.59 Å². The van der Waals surface area contributed by atoms with E-state index in [4.69, 9.17) is 18.9 Å². The van der Waals surface area contributed by atoms with Crippen molar-refractivity contribution in [3.8, 4) is 11.1 Å². The molecule has 314 valence electrons. The number of halogens is 3. The van der Waals surface area contributed by atoms with E-state index >= 15 is 0 Å². The summed E-state index contributed by atoms with van der Waals surface area (Å²) in [6.07, 6.45) is -15.1. The van der Waals surface area contributed by atoms with Crippen LogP contribution in [0.15, 0.2) is 109 Å². The van der Waals surface area contributed by atoms with Crippen LogP contribution in [0.1, 0.15) is 21.5 Å². The number of carbonyl (C=O) groups is 3. The molecule has 18 heteroatoms. The van der Waals surface area contributed by atoms with Crippen LogP contribution in [-0.4, -0.2) is 113 Å². The summed E-state index contributed by atoms with van der Waals surface area (Å²) in [5, 5.41) is 52.5. The normalized spacial score (nSPS) is 25.6. The Morgan fingerprint density at radius 1 is 0.746 bits per heavy atom. The Kier molecular flexibility index (Phi) is 14.2. The second-order valence-corrected chi connectivity index (χ2v) is 13.8. The minimum atomic E-state index is -4.71. The van der Waals surface area contributed by atoms with Gasteiger partial charge in [0, 0.05) is 11.3 Å². The van der Waals surface area contributed by atoms with E-state index in [0.29, 0.717) is 11.6 Å². The first-order chi connectivity index (χ1) is 28.3. The van der Waals surface area contributed by atoms with E-state index in [2.05, 4.69) is 21.3 Å². The molecule has 15 nitrogen and oxygen atoms in total. The zero-order chi connectivity index (χ0) is 42.1. The van der Waals surface area contributed by atoms with E-state index in [0.717, 1.165) is 23.3 Å². The van der Waals surface area contributed by atoms with Gasteiger partial charge in [-0.1, -0.05) is 78.9 Å². The van der Waals surface area contributed by atoms with Crippen LogP contribution in [0.2, 0.25) is 0 Å². The van der Waals surface area contributed by atoms with Crippen LogP contribution in [0.3, 0.4) is 0 Å². The maximum absolute atomic E-state index is 13.8. The maximum Gasteiger partial charge on any atom is 0.416 e. The lowest BCUT2D eigenvalue weighted by Crippen LogP contribution is -2.70. The van der Waals surface area contributed by atoms with Gasteiger partial charge < -0.3 is 60.6 Å². The molecule has 0 radical (unpaired) electrons. The first kappa shape index (κ1) is 43.0. The molecule has 9 atom stereocenters. The van der Waals surface area contributed by atoms with Gasteiger partial charge in [-0.05, 0) is 47.0 Å². The smallest absolute Gasteiger partial charge is 0.416 e. The highest BCUT2D eigenvalue weighted by molar-refractivity contribution is 5.95. The number of amides is 4. The Morgan fingerprint density at radius 3 is 2.07 bits per heavy atom. The molecule has 4 aromatic carbocycles. The van der Waals surface area contributed by atoms with Crippen molar-refractivity contribution < 1.29 is 66.9 Å². The highest BCUT2D eigenvalue weighted by Crippen LogP contribution is 2.31. The number of aliphatic hydroxyl groups excluding tert-OH is 4. The molecular weight excluding hydrogens is 781 g/mol. The number of ether oxygens (including phenoxy) is 4. The molecule has 2 aliphatic rings. The van der Waals surface area contributed by atoms with Gasteiger partial charge in [0.2, 0.25) is 0 Å². The Bertz CT molecular complexity index is 2010. The van der Waals surface area contributed by atoms with Crippen LogP contribution in [0.4, 0.5) is 28.4 Å². The first-order valence-electron chi connectivity index (χ1n) is 18.5. The fraction of sp³-hybridized carbons (Fsp3) is 0.341. The quantitative estimate of drug-likeness (QED) is 0.104. The third-order valence-corrected chi connectivity index (χ3v) is 9.81. The molecule has 4 aromatic rings. The minimum Gasteiger partial charge on any atom is -0.445 e. The summed E-state index contributed by atoms with van der Waals surface area (Å²) in [6, 6.07) is 23.3. The van der Waals surface area contributed by atoms with Gasteiger partial charge in [0.15, 0.2) is 6.29 Å². The number of rotatable bonds is 12. The van der Waals surface area contributed by atoms with E-state index in [1.807, 2.05) is 30.3 Å². The van der Waals surface area contributed by atoms with Gasteiger partial charge in [0.25, 0.3) is 5.91 Å². The van der Waals surface area contributed by atoms with Crippen molar-refractivity contribution in [3.05, 3.63) is 126 Å². The molecule has 0 saturated carbocycles. The monoisotopic (exact) mass is 824 g/mol. The standard InChI is InChI=1S/C41H43F3N4O11/c42-41(43,44)27-12-7-13-28(18-27)45-39(54)48-33-35(52)34(51)31(20-50)58-38(33)59-36-29(46-40(55)57-21-23-8-3-1-4-9-23)22-56-30(19-49)32(36)47-37(53)26-16-14-25(15-17-26)24-10-5-2-6-11-24/h1-18,29-36,38,49-52H,19-22H2,(H,46,55)(H,47,53)(H2,45,48,54)/t29-,30+,31+,32-,33+,34+,35+,36+,38-/m0/s1. The molecule has 59 heavy (non-hydrogen) atoms. The number of carbonyl (C=O) groups excluding carboxylic acids is 3. The lowest BCUT2D eigenvalue weighted by Gasteiger charge is -2.47. The van der Waals surface area contributed by atoms with Crippen molar-refractivity contribution >= 4 is 23.7 Å². The Hall–Kier alpha value is -5.60. The van der Waals surface area contributed by atoms with E-state index in [1.54, 1.807) is 54.6 Å². The van der Waals surface area contributed by atoms with Crippen molar-refractivity contribution in [3.63, 3.8) is 0 Å². The van der Waals surface area contributed by atoms with Gasteiger partial charge in [0.05, 0.1) is 37.5 Å². The highest BCUT2D eigenvalue weighted by Gasteiger charge is 2.50. The largest absolute Gasteiger partial charge is 0.445 e. The van der Waals surface area contributed by atoms with Crippen molar-refractivity contribution in [2.24, 2.45) is 0 Å². The number of anilines is 1. The Labute approximate surface area is 336 Å². The predicted molar refractivity (Wildman–Crippen MR) is 204 cm³/mol. The third kappa shape index (κ3) is 10.9. The van der Waals surface area contributed by atoms with E-state index in [-0.39, 0.29) is 24.5 Å². The van der Waals surface area contributed by atoms with Gasteiger partial charge in [-0.15, -0.1) is 0 Å². The number of hydrogen-bond donors (Lipinski definition) is 8. The molecule has 2 heterocycles. The van der Waals surface area contributed by atoms with Crippen LogP contribution < -0.4 is 21.3 Å². The molecular formula is C41H43F3N4O11. The molecule has 8 N–H and O–H groups in total. The van der Waals surface area contributed by atoms with Gasteiger partial charge in [-0.3, -0.25) is 4.79 Å². The molecule has 6 rings (SSSR count).